The van der Waals surface area contributed by atoms with Gasteiger partial charge in [-0.2, -0.15) is 13.2 Å². The SMILES string of the molecule is O=C(O)CN(CC(F)(F)F)C1CC(=O)N(C2CC2)C1=O. The van der Waals surface area contributed by atoms with Crippen molar-refractivity contribution in [1.82, 2.24) is 9.80 Å². The maximum atomic E-state index is 12.5. The zero-order valence-corrected chi connectivity index (χ0v) is 10.4. The highest BCUT2D eigenvalue weighted by Gasteiger charge is 2.49. The summed E-state index contributed by atoms with van der Waals surface area (Å²) in [5.41, 5.74) is 0. The number of imide groups is 1. The molecule has 1 atom stereocenters. The van der Waals surface area contributed by atoms with Crippen LogP contribution in [0.1, 0.15) is 19.3 Å². The monoisotopic (exact) mass is 294 g/mol. The lowest BCUT2D eigenvalue weighted by molar-refractivity contribution is -0.160. The zero-order chi connectivity index (χ0) is 15.1. The van der Waals surface area contributed by atoms with Crippen LogP contribution in [0.2, 0.25) is 0 Å². The minimum atomic E-state index is -4.63. The molecule has 112 valence electrons. The van der Waals surface area contributed by atoms with Gasteiger partial charge in [-0.15, -0.1) is 0 Å². The molecule has 20 heavy (non-hydrogen) atoms. The standard InChI is InChI=1S/C11H13F3N2O4/c12-11(13,14)5-15(4-9(18)19)7-3-8(17)16(10(7)20)6-1-2-6/h6-7H,1-5H2,(H,18,19). The first-order chi connectivity index (χ1) is 9.19. The quantitative estimate of drug-likeness (QED) is 0.734. The molecule has 1 saturated heterocycles. The van der Waals surface area contributed by atoms with E-state index in [2.05, 4.69) is 0 Å². The molecule has 0 radical (unpaired) electrons. The van der Waals surface area contributed by atoms with Gasteiger partial charge in [-0.1, -0.05) is 0 Å². The number of hydrogen-bond donors (Lipinski definition) is 1. The molecule has 2 rings (SSSR count). The Bertz CT molecular complexity index is 447. The third kappa shape index (κ3) is 3.27. The molecule has 1 aliphatic heterocycles. The lowest BCUT2D eigenvalue weighted by Crippen LogP contribution is -2.48. The number of nitrogens with zero attached hydrogens (tertiary/aromatic N) is 2. The van der Waals surface area contributed by atoms with Crippen molar-refractivity contribution in [3.8, 4) is 0 Å². The second-order valence-corrected chi connectivity index (χ2v) is 4.97. The first kappa shape index (κ1) is 14.8. The molecule has 9 heteroatoms. The van der Waals surface area contributed by atoms with Crippen LogP contribution >= 0.6 is 0 Å². The van der Waals surface area contributed by atoms with Crippen LogP contribution < -0.4 is 0 Å². The number of aliphatic carboxylic acids is 1. The largest absolute Gasteiger partial charge is 0.480 e. The van der Waals surface area contributed by atoms with Crippen molar-refractivity contribution in [2.75, 3.05) is 13.1 Å². The summed E-state index contributed by atoms with van der Waals surface area (Å²) in [6, 6.07) is -1.56. The molecule has 2 amide bonds. The molecule has 1 aliphatic carbocycles. The Hall–Kier alpha value is -1.64. The molecule has 0 aromatic rings. The van der Waals surface area contributed by atoms with Crippen LogP contribution in [0.4, 0.5) is 13.2 Å². The summed E-state index contributed by atoms with van der Waals surface area (Å²) in [6.07, 6.45) is -3.71. The van der Waals surface area contributed by atoms with Gasteiger partial charge in [0.15, 0.2) is 0 Å². The number of amides is 2. The maximum absolute atomic E-state index is 12.5. The number of rotatable bonds is 5. The smallest absolute Gasteiger partial charge is 0.401 e. The van der Waals surface area contributed by atoms with Gasteiger partial charge in [0, 0.05) is 6.04 Å². The minimum Gasteiger partial charge on any atom is -0.480 e. The molecule has 2 fully saturated rings. The van der Waals surface area contributed by atoms with Crippen LogP contribution in [0.15, 0.2) is 0 Å². The van der Waals surface area contributed by atoms with Crippen LogP contribution in [0, 0.1) is 0 Å². The van der Waals surface area contributed by atoms with Gasteiger partial charge in [-0.25, -0.2) is 0 Å². The molecule has 1 N–H and O–H groups in total. The number of alkyl halides is 3. The summed E-state index contributed by atoms with van der Waals surface area (Å²) >= 11 is 0. The van der Waals surface area contributed by atoms with Crippen molar-refractivity contribution in [2.24, 2.45) is 0 Å². The van der Waals surface area contributed by atoms with Gasteiger partial charge in [0.05, 0.1) is 25.6 Å². The Morgan fingerprint density at radius 3 is 2.40 bits per heavy atom. The van der Waals surface area contributed by atoms with Gasteiger partial charge in [0.2, 0.25) is 11.8 Å². The first-order valence-corrected chi connectivity index (χ1v) is 6.07. The van der Waals surface area contributed by atoms with E-state index in [-0.39, 0.29) is 6.04 Å². The lowest BCUT2D eigenvalue weighted by atomic mass is 10.2. The number of carboxylic acid groups (broad SMARTS) is 1. The number of halogens is 3. The number of likely N-dealkylation sites (tertiary alicyclic amines) is 1. The molecule has 0 spiro atoms. The van der Waals surface area contributed by atoms with Crippen molar-refractivity contribution in [3.05, 3.63) is 0 Å². The summed E-state index contributed by atoms with van der Waals surface area (Å²) < 4.78 is 37.4. The van der Waals surface area contributed by atoms with Crippen molar-refractivity contribution in [2.45, 2.75) is 37.5 Å². The van der Waals surface area contributed by atoms with E-state index in [1.54, 1.807) is 0 Å². The molecular formula is C11H13F3N2O4. The Labute approximate surface area is 112 Å². The molecule has 1 heterocycles. The van der Waals surface area contributed by atoms with Gasteiger partial charge in [0.25, 0.3) is 0 Å². The lowest BCUT2D eigenvalue weighted by Gasteiger charge is -2.26. The van der Waals surface area contributed by atoms with E-state index in [0.717, 1.165) is 4.90 Å². The summed E-state index contributed by atoms with van der Waals surface area (Å²) in [4.78, 5) is 35.8. The van der Waals surface area contributed by atoms with Gasteiger partial charge in [0.1, 0.15) is 0 Å². The van der Waals surface area contributed by atoms with Gasteiger partial charge in [-0.05, 0) is 12.8 Å². The molecule has 0 bridgehead atoms. The summed E-state index contributed by atoms with van der Waals surface area (Å²) in [5, 5.41) is 8.66. The average molecular weight is 294 g/mol. The van der Waals surface area contributed by atoms with Crippen molar-refractivity contribution in [3.63, 3.8) is 0 Å². The molecular weight excluding hydrogens is 281 g/mol. The second-order valence-electron chi connectivity index (χ2n) is 4.97. The number of carbonyl (C=O) groups is 3. The Balaban J connectivity index is 2.14. The van der Waals surface area contributed by atoms with Crippen molar-refractivity contribution < 1.29 is 32.7 Å². The highest BCUT2D eigenvalue weighted by Crippen LogP contribution is 2.33. The van der Waals surface area contributed by atoms with E-state index in [1.165, 1.54) is 0 Å². The van der Waals surface area contributed by atoms with E-state index < -0.39 is 49.5 Å². The third-order valence-corrected chi connectivity index (χ3v) is 3.23. The van der Waals surface area contributed by atoms with E-state index in [0.29, 0.717) is 17.7 Å². The Kier molecular flexibility index (Phi) is 3.72. The van der Waals surface area contributed by atoms with Crippen LogP contribution in [0.5, 0.6) is 0 Å². The Morgan fingerprint density at radius 1 is 1.35 bits per heavy atom. The van der Waals surface area contributed by atoms with E-state index in [1.807, 2.05) is 0 Å². The highest BCUT2D eigenvalue weighted by atomic mass is 19.4. The topological polar surface area (TPSA) is 77.9 Å². The third-order valence-electron chi connectivity index (χ3n) is 3.23. The van der Waals surface area contributed by atoms with Crippen LogP contribution in [-0.4, -0.2) is 64.0 Å². The molecule has 1 unspecified atom stereocenters. The van der Waals surface area contributed by atoms with Gasteiger partial charge >= 0.3 is 12.1 Å². The van der Waals surface area contributed by atoms with Crippen molar-refractivity contribution >= 4 is 17.8 Å². The van der Waals surface area contributed by atoms with Crippen molar-refractivity contribution in [1.29, 1.82) is 0 Å². The van der Waals surface area contributed by atoms with Gasteiger partial charge < -0.3 is 5.11 Å². The predicted octanol–water partition coefficient (Wildman–Crippen LogP) is 0.225. The molecule has 2 aliphatic rings. The van der Waals surface area contributed by atoms with Gasteiger partial charge in [-0.3, -0.25) is 24.2 Å². The van der Waals surface area contributed by atoms with E-state index >= 15 is 0 Å². The number of carboxylic acids is 1. The summed E-state index contributed by atoms with van der Waals surface area (Å²) in [5.74, 6) is -2.72. The van der Waals surface area contributed by atoms with Crippen LogP contribution in [0.3, 0.4) is 0 Å². The molecule has 0 aromatic carbocycles. The summed E-state index contributed by atoms with van der Waals surface area (Å²) in [6.45, 7) is -2.46. The number of carbonyl (C=O) groups excluding carboxylic acids is 2. The summed E-state index contributed by atoms with van der Waals surface area (Å²) in [7, 11) is 0. The fourth-order valence-electron chi connectivity index (χ4n) is 2.32. The number of hydrogen-bond acceptors (Lipinski definition) is 4. The first-order valence-electron chi connectivity index (χ1n) is 6.07. The second kappa shape index (κ2) is 5.04. The minimum absolute atomic E-state index is 0.224. The molecule has 6 nitrogen and oxygen atoms in total. The zero-order valence-electron chi connectivity index (χ0n) is 10.4. The van der Waals surface area contributed by atoms with Crippen LogP contribution in [0.25, 0.3) is 0 Å². The highest BCUT2D eigenvalue weighted by molar-refractivity contribution is 6.06. The molecule has 1 saturated carbocycles. The maximum Gasteiger partial charge on any atom is 0.401 e. The normalized spacial score (nSPS) is 23.8. The predicted molar refractivity (Wildman–Crippen MR) is 58.5 cm³/mol. The molecule has 0 aromatic heterocycles. The van der Waals surface area contributed by atoms with E-state index in [4.69, 9.17) is 5.11 Å². The van der Waals surface area contributed by atoms with E-state index in [9.17, 15) is 27.6 Å². The average Bonchev–Trinajstić information content (AvgIpc) is 3.02. The fourth-order valence-corrected chi connectivity index (χ4v) is 2.32. The fraction of sp³-hybridized carbons (Fsp3) is 0.727. The van der Waals surface area contributed by atoms with Crippen LogP contribution in [-0.2, 0) is 14.4 Å². The Morgan fingerprint density at radius 2 is 1.95 bits per heavy atom.